The summed E-state index contributed by atoms with van der Waals surface area (Å²) in [7, 11) is 4.91. The van der Waals surface area contributed by atoms with Gasteiger partial charge in [0.25, 0.3) is 5.69 Å². The molecule has 0 saturated carbocycles. The molecule has 0 radical (unpaired) electrons. The molecule has 8 nitrogen and oxygen atoms in total. The minimum absolute atomic E-state index is 0.0445. The van der Waals surface area contributed by atoms with Gasteiger partial charge < -0.3 is 4.90 Å². The highest BCUT2D eigenvalue weighted by atomic mass is 32.1. The molecule has 0 aliphatic carbocycles. The standard InChI is InChI=1S/C21H20N4O4S/c1-22-16-10-9-15(25(28)29)11-14(16)12-21(17(22)13-7-5-4-6-8-13)18(26)23(2)20(30)24(3)19(21)27/h4-11,17H,12H2,1-3H3/t17-/m1/s1. The van der Waals surface area contributed by atoms with Crippen molar-refractivity contribution in [3.8, 4) is 0 Å². The van der Waals surface area contributed by atoms with Crippen LogP contribution >= 0.6 is 12.2 Å². The number of nitro benzene ring substituents is 1. The lowest BCUT2D eigenvalue weighted by Gasteiger charge is -2.52. The van der Waals surface area contributed by atoms with Crippen molar-refractivity contribution in [2.45, 2.75) is 12.5 Å². The molecule has 2 heterocycles. The quantitative estimate of drug-likeness (QED) is 0.319. The zero-order chi connectivity index (χ0) is 21.8. The van der Waals surface area contributed by atoms with Crippen molar-refractivity contribution < 1.29 is 14.5 Å². The summed E-state index contributed by atoms with van der Waals surface area (Å²) >= 11 is 5.28. The molecule has 30 heavy (non-hydrogen) atoms. The number of nitrogens with zero attached hydrogens (tertiary/aromatic N) is 4. The van der Waals surface area contributed by atoms with Crippen LogP contribution in [-0.2, 0) is 16.0 Å². The van der Waals surface area contributed by atoms with Crippen molar-refractivity contribution in [3.05, 3.63) is 69.8 Å². The minimum atomic E-state index is -1.50. The summed E-state index contributed by atoms with van der Waals surface area (Å²) in [5, 5.41) is 11.5. The summed E-state index contributed by atoms with van der Waals surface area (Å²) in [6, 6.07) is 13.3. The molecule has 0 aromatic heterocycles. The van der Waals surface area contributed by atoms with Crippen LogP contribution in [0, 0.1) is 15.5 Å². The van der Waals surface area contributed by atoms with E-state index in [-0.39, 0.29) is 17.2 Å². The van der Waals surface area contributed by atoms with Gasteiger partial charge in [0.15, 0.2) is 10.5 Å². The Morgan fingerprint density at radius 1 is 1.03 bits per heavy atom. The predicted octanol–water partition coefficient (Wildman–Crippen LogP) is 2.53. The maximum Gasteiger partial charge on any atom is 0.269 e. The second-order valence-corrected chi connectivity index (χ2v) is 8.02. The average Bonchev–Trinajstić information content (AvgIpc) is 2.75. The van der Waals surface area contributed by atoms with E-state index in [1.165, 1.54) is 21.9 Å². The fourth-order valence-electron chi connectivity index (χ4n) is 4.66. The highest BCUT2D eigenvalue weighted by molar-refractivity contribution is 7.80. The normalized spacial score (nSPS) is 20.6. The van der Waals surface area contributed by atoms with Crippen molar-refractivity contribution in [1.82, 2.24) is 9.80 Å². The third-order valence-electron chi connectivity index (χ3n) is 6.04. The third kappa shape index (κ3) is 2.62. The van der Waals surface area contributed by atoms with Crippen LogP contribution in [0.15, 0.2) is 48.5 Å². The molecule has 1 saturated heterocycles. The van der Waals surface area contributed by atoms with Crippen LogP contribution in [0.4, 0.5) is 11.4 Å². The summed E-state index contributed by atoms with van der Waals surface area (Å²) in [4.78, 5) is 42.7. The van der Waals surface area contributed by atoms with E-state index < -0.39 is 28.2 Å². The Balaban J connectivity index is 2.00. The summed E-state index contributed by atoms with van der Waals surface area (Å²) in [5.41, 5.74) is 0.558. The van der Waals surface area contributed by atoms with Gasteiger partial charge in [-0.25, -0.2) is 0 Å². The molecule has 2 aliphatic rings. The van der Waals surface area contributed by atoms with Crippen molar-refractivity contribution in [3.63, 3.8) is 0 Å². The van der Waals surface area contributed by atoms with Gasteiger partial charge in [0.05, 0.1) is 11.0 Å². The summed E-state index contributed by atoms with van der Waals surface area (Å²) in [6.45, 7) is 0. The van der Waals surface area contributed by atoms with Crippen molar-refractivity contribution in [2.24, 2.45) is 5.41 Å². The highest BCUT2D eigenvalue weighted by Gasteiger charge is 2.62. The zero-order valence-corrected chi connectivity index (χ0v) is 17.5. The largest absolute Gasteiger partial charge is 0.366 e. The number of anilines is 1. The number of fused-ring (bicyclic) bond motifs is 1. The lowest BCUT2D eigenvalue weighted by Crippen LogP contribution is -2.68. The maximum atomic E-state index is 13.7. The average molecular weight is 424 g/mol. The molecular weight excluding hydrogens is 404 g/mol. The van der Waals surface area contributed by atoms with Gasteiger partial charge in [-0.2, -0.15) is 0 Å². The lowest BCUT2D eigenvalue weighted by molar-refractivity contribution is -0.384. The minimum Gasteiger partial charge on any atom is -0.366 e. The van der Waals surface area contributed by atoms with Crippen LogP contribution < -0.4 is 4.90 Å². The van der Waals surface area contributed by atoms with E-state index in [0.29, 0.717) is 5.56 Å². The first kappa shape index (κ1) is 20.0. The van der Waals surface area contributed by atoms with E-state index in [1.54, 1.807) is 27.2 Å². The Kier molecular flexibility index (Phi) is 4.58. The summed E-state index contributed by atoms with van der Waals surface area (Å²) in [5.74, 6) is -0.818. The highest BCUT2D eigenvalue weighted by Crippen LogP contribution is 2.52. The number of hydrogen-bond acceptors (Lipinski definition) is 6. The fraction of sp³-hybridized carbons (Fsp3) is 0.286. The number of benzene rings is 2. The van der Waals surface area contributed by atoms with E-state index in [1.807, 2.05) is 35.2 Å². The maximum absolute atomic E-state index is 13.7. The molecule has 9 heteroatoms. The fourth-order valence-corrected chi connectivity index (χ4v) is 4.82. The van der Waals surface area contributed by atoms with Crippen LogP contribution in [0.25, 0.3) is 0 Å². The molecule has 154 valence electrons. The summed E-state index contributed by atoms with van der Waals surface area (Å²) < 4.78 is 0. The van der Waals surface area contributed by atoms with E-state index >= 15 is 0 Å². The topological polar surface area (TPSA) is 87.0 Å². The molecule has 2 aromatic carbocycles. The number of amides is 2. The molecule has 0 unspecified atom stereocenters. The number of carbonyl (C=O) groups excluding carboxylic acids is 2. The number of hydrogen-bond donors (Lipinski definition) is 0. The number of non-ortho nitro benzene ring substituents is 1. The Morgan fingerprint density at radius 3 is 2.20 bits per heavy atom. The molecular formula is C21H20N4O4S. The second kappa shape index (κ2) is 6.88. The number of rotatable bonds is 2. The molecule has 1 spiro atoms. The zero-order valence-electron chi connectivity index (χ0n) is 16.7. The lowest BCUT2D eigenvalue weighted by atomic mass is 9.66. The summed E-state index contributed by atoms with van der Waals surface area (Å²) in [6.07, 6.45) is 0.0445. The molecule has 1 atom stereocenters. The molecule has 0 N–H and O–H groups in total. The van der Waals surface area contributed by atoms with Gasteiger partial charge in [-0.05, 0) is 29.4 Å². The van der Waals surface area contributed by atoms with E-state index in [9.17, 15) is 19.7 Å². The first-order valence-electron chi connectivity index (χ1n) is 9.35. The van der Waals surface area contributed by atoms with Crippen LogP contribution in [0.5, 0.6) is 0 Å². The van der Waals surface area contributed by atoms with Crippen LogP contribution in [0.3, 0.4) is 0 Å². The third-order valence-corrected chi connectivity index (χ3v) is 6.59. The second-order valence-electron chi connectivity index (χ2n) is 7.65. The number of carbonyl (C=O) groups is 2. The van der Waals surface area contributed by atoms with Gasteiger partial charge in [-0.15, -0.1) is 0 Å². The van der Waals surface area contributed by atoms with Crippen molar-refractivity contribution in [2.75, 3.05) is 26.0 Å². The molecule has 2 aromatic rings. The van der Waals surface area contributed by atoms with Gasteiger partial charge in [0.2, 0.25) is 11.8 Å². The Bertz CT molecular complexity index is 1060. The molecule has 0 bridgehead atoms. The van der Waals surface area contributed by atoms with Crippen LogP contribution in [-0.4, -0.2) is 52.8 Å². The van der Waals surface area contributed by atoms with Crippen LogP contribution in [0.1, 0.15) is 17.2 Å². The Hall–Kier alpha value is -3.33. The van der Waals surface area contributed by atoms with Gasteiger partial charge in [0.1, 0.15) is 0 Å². The van der Waals surface area contributed by atoms with E-state index in [0.717, 1.165) is 11.3 Å². The van der Waals surface area contributed by atoms with Crippen molar-refractivity contribution >= 4 is 40.5 Å². The van der Waals surface area contributed by atoms with Gasteiger partial charge in [-0.3, -0.25) is 29.5 Å². The van der Waals surface area contributed by atoms with Crippen LogP contribution in [0.2, 0.25) is 0 Å². The first-order valence-corrected chi connectivity index (χ1v) is 9.76. The van der Waals surface area contributed by atoms with Gasteiger partial charge in [0, 0.05) is 45.4 Å². The Morgan fingerprint density at radius 2 is 1.63 bits per heavy atom. The molecule has 1 fully saturated rings. The smallest absolute Gasteiger partial charge is 0.269 e. The number of nitro groups is 1. The number of thiocarbonyl (C=S) groups is 1. The predicted molar refractivity (Wildman–Crippen MR) is 115 cm³/mol. The molecule has 2 amide bonds. The Labute approximate surface area is 178 Å². The van der Waals surface area contributed by atoms with Crippen molar-refractivity contribution in [1.29, 1.82) is 0 Å². The first-order chi connectivity index (χ1) is 14.2. The molecule has 4 rings (SSSR count). The molecule has 2 aliphatic heterocycles. The SMILES string of the molecule is CN1C(=O)C2(Cc3cc([N+](=O)[O-])ccc3N(C)[C@@H]2c2ccccc2)C(=O)N(C)C1=S. The monoisotopic (exact) mass is 424 g/mol. The van der Waals surface area contributed by atoms with Gasteiger partial charge >= 0.3 is 0 Å². The van der Waals surface area contributed by atoms with E-state index in [2.05, 4.69) is 0 Å². The van der Waals surface area contributed by atoms with E-state index in [4.69, 9.17) is 12.2 Å². The van der Waals surface area contributed by atoms with Gasteiger partial charge in [-0.1, -0.05) is 30.3 Å².